The van der Waals surface area contributed by atoms with Crippen LogP contribution in [-0.4, -0.2) is 31.8 Å². The highest BCUT2D eigenvalue weighted by Gasteiger charge is 2.09. The maximum absolute atomic E-state index is 5.42. The summed E-state index contributed by atoms with van der Waals surface area (Å²) < 4.78 is 12.0. The topological polar surface area (TPSA) is 113 Å². The molecule has 0 bridgehead atoms. The zero-order chi connectivity index (χ0) is 13.0. The zero-order valence-corrected chi connectivity index (χ0v) is 9.99. The van der Waals surface area contributed by atoms with Gasteiger partial charge in [-0.2, -0.15) is 15.1 Å². The van der Waals surface area contributed by atoms with Crippen LogP contribution in [0.5, 0.6) is 17.8 Å². The highest BCUT2D eigenvalue weighted by molar-refractivity contribution is 5.27. The SMILES string of the molecule is CCn1cc(Oc2nc(NN)nc(OC)n2)cn1. The van der Waals surface area contributed by atoms with Gasteiger partial charge in [0.1, 0.15) is 0 Å². The third-order valence-corrected chi connectivity index (χ3v) is 2.05. The van der Waals surface area contributed by atoms with Crippen LogP contribution in [0.2, 0.25) is 0 Å². The Morgan fingerprint density at radius 1 is 1.33 bits per heavy atom. The number of nitrogens with zero attached hydrogens (tertiary/aromatic N) is 5. The van der Waals surface area contributed by atoms with Gasteiger partial charge in [-0.25, -0.2) is 5.84 Å². The molecule has 0 spiro atoms. The minimum atomic E-state index is 0.0745. The Morgan fingerprint density at radius 3 is 2.72 bits per heavy atom. The molecule has 2 rings (SSSR count). The van der Waals surface area contributed by atoms with E-state index in [2.05, 4.69) is 25.5 Å². The van der Waals surface area contributed by atoms with Gasteiger partial charge in [-0.05, 0) is 6.92 Å². The molecular weight excluding hydrogens is 238 g/mol. The van der Waals surface area contributed by atoms with E-state index >= 15 is 0 Å². The van der Waals surface area contributed by atoms with Gasteiger partial charge in [0.05, 0.1) is 19.5 Å². The molecule has 96 valence electrons. The van der Waals surface area contributed by atoms with E-state index in [0.29, 0.717) is 5.75 Å². The summed E-state index contributed by atoms with van der Waals surface area (Å²) >= 11 is 0. The molecule has 9 nitrogen and oxygen atoms in total. The largest absolute Gasteiger partial charge is 0.467 e. The Labute approximate surface area is 103 Å². The Hall–Kier alpha value is -2.42. The maximum atomic E-state index is 5.42. The number of nitrogens with two attached hydrogens (primary N) is 1. The third kappa shape index (κ3) is 2.63. The van der Waals surface area contributed by atoms with Crippen molar-refractivity contribution in [2.24, 2.45) is 5.84 Å². The highest BCUT2D eigenvalue weighted by atomic mass is 16.5. The summed E-state index contributed by atoms with van der Waals surface area (Å²) in [6.45, 7) is 2.72. The lowest BCUT2D eigenvalue weighted by molar-refractivity contribution is 0.360. The Morgan fingerprint density at radius 2 is 2.11 bits per heavy atom. The first-order valence-corrected chi connectivity index (χ1v) is 5.22. The van der Waals surface area contributed by atoms with Gasteiger partial charge in [0.25, 0.3) is 0 Å². The van der Waals surface area contributed by atoms with E-state index in [1.165, 1.54) is 7.11 Å². The molecule has 9 heteroatoms. The number of aryl methyl sites for hydroxylation is 1. The number of methoxy groups -OCH3 is 1. The summed E-state index contributed by atoms with van der Waals surface area (Å²) in [6, 6.07) is 0.182. The Balaban J connectivity index is 2.22. The monoisotopic (exact) mass is 251 g/mol. The average Bonchev–Trinajstić information content (AvgIpc) is 2.85. The van der Waals surface area contributed by atoms with Crippen molar-refractivity contribution in [3.8, 4) is 17.8 Å². The Bertz CT molecular complexity index is 505. The van der Waals surface area contributed by atoms with Crippen molar-refractivity contribution in [3.63, 3.8) is 0 Å². The summed E-state index contributed by atoms with van der Waals surface area (Å²) in [5.74, 6) is 5.90. The van der Waals surface area contributed by atoms with Crippen LogP contribution >= 0.6 is 0 Å². The van der Waals surface area contributed by atoms with E-state index in [0.717, 1.165) is 6.54 Å². The third-order valence-electron chi connectivity index (χ3n) is 2.05. The van der Waals surface area contributed by atoms with Gasteiger partial charge in [0.15, 0.2) is 5.75 Å². The van der Waals surface area contributed by atoms with Crippen LogP contribution in [-0.2, 0) is 6.54 Å². The van der Waals surface area contributed by atoms with Crippen LogP contribution in [0.25, 0.3) is 0 Å². The smallest absolute Gasteiger partial charge is 0.330 e. The fourth-order valence-corrected chi connectivity index (χ4v) is 1.22. The lowest BCUT2D eigenvalue weighted by Gasteiger charge is -2.04. The number of rotatable bonds is 5. The fourth-order valence-electron chi connectivity index (χ4n) is 1.22. The summed E-state index contributed by atoms with van der Waals surface area (Å²) in [6.07, 6.45) is 3.29. The first-order chi connectivity index (χ1) is 8.75. The lowest BCUT2D eigenvalue weighted by Crippen LogP contribution is -2.12. The molecule has 0 atom stereocenters. The number of anilines is 1. The van der Waals surface area contributed by atoms with E-state index in [1.807, 2.05) is 6.92 Å². The van der Waals surface area contributed by atoms with Crippen molar-refractivity contribution in [3.05, 3.63) is 12.4 Å². The van der Waals surface area contributed by atoms with Crippen molar-refractivity contribution >= 4 is 5.95 Å². The second-order valence-electron chi connectivity index (χ2n) is 3.21. The van der Waals surface area contributed by atoms with Crippen LogP contribution in [0.15, 0.2) is 12.4 Å². The molecule has 0 unspecified atom stereocenters. The van der Waals surface area contributed by atoms with Crippen LogP contribution in [0.1, 0.15) is 6.92 Å². The van der Waals surface area contributed by atoms with Crippen LogP contribution in [0, 0.1) is 0 Å². The van der Waals surface area contributed by atoms with E-state index in [4.69, 9.17) is 15.3 Å². The minimum Gasteiger partial charge on any atom is -0.467 e. The minimum absolute atomic E-state index is 0.0745. The van der Waals surface area contributed by atoms with E-state index in [1.54, 1.807) is 17.1 Å². The number of hydrogen-bond acceptors (Lipinski definition) is 8. The van der Waals surface area contributed by atoms with Crippen LogP contribution in [0.3, 0.4) is 0 Å². The Kier molecular flexibility index (Phi) is 3.53. The summed E-state index contributed by atoms with van der Waals surface area (Å²) in [5, 5.41) is 4.06. The number of nitrogens with one attached hydrogen (secondary N) is 1. The molecule has 0 aliphatic rings. The standard InChI is InChI=1S/C9H13N7O2/c1-3-16-5-6(4-11-16)18-9-13-7(15-10)12-8(14-9)17-2/h4-5H,3,10H2,1-2H3,(H,12,13,14,15). The van der Waals surface area contributed by atoms with Crippen LogP contribution in [0.4, 0.5) is 5.95 Å². The predicted molar refractivity (Wildman–Crippen MR) is 62.2 cm³/mol. The van der Waals surface area contributed by atoms with Crippen molar-refractivity contribution in [2.75, 3.05) is 12.5 Å². The second kappa shape index (κ2) is 5.27. The van der Waals surface area contributed by atoms with Crippen LogP contribution < -0.4 is 20.7 Å². The van der Waals surface area contributed by atoms with E-state index < -0.39 is 0 Å². The summed E-state index contributed by atoms with van der Waals surface area (Å²) in [7, 11) is 1.44. The first-order valence-electron chi connectivity index (χ1n) is 5.22. The molecule has 0 aliphatic heterocycles. The number of aromatic nitrogens is 5. The van der Waals surface area contributed by atoms with Gasteiger partial charge in [-0.15, -0.1) is 4.98 Å². The molecule has 0 amide bonds. The van der Waals surface area contributed by atoms with Crippen molar-refractivity contribution in [1.29, 1.82) is 0 Å². The first kappa shape index (κ1) is 12.0. The molecule has 0 saturated heterocycles. The average molecular weight is 251 g/mol. The van der Waals surface area contributed by atoms with Crippen molar-refractivity contribution in [1.82, 2.24) is 24.7 Å². The summed E-state index contributed by atoms with van der Waals surface area (Å²) in [5.41, 5.74) is 2.30. The number of ether oxygens (including phenoxy) is 2. The molecule has 0 radical (unpaired) electrons. The molecule has 18 heavy (non-hydrogen) atoms. The molecule has 3 N–H and O–H groups in total. The van der Waals surface area contributed by atoms with Gasteiger partial charge in [-0.3, -0.25) is 10.1 Å². The molecule has 0 aromatic carbocycles. The lowest BCUT2D eigenvalue weighted by atomic mass is 10.6. The fraction of sp³-hybridized carbons (Fsp3) is 0.333. The van der Waals surface area contributed by atoms with E-state index in [9.17, 15) is 0 Å². The maximum Gasteiger partial charge on any atom is 0.330 e. The molecule has 2 aromatic rings. The zero-order valence-electron chi connectivity index (χ0n) is 9.99. The normalized spacial score (nSPS) is 10.2. The predicted octanol–water partition coefficient (Wildman–Crippen LogP) is 0.174. The van der Waals surface area contributed by atoms with Crippen molar-refractivity contribution < 1.29 is 9.47 Å². The van der Waals surface area contributed by atoms with Gasteiger partial charge in [0, 0.05) is 6.54 Å². The van der Waals surface area contributed by atoms with Gasteiger partial charge in [-0.1, -0.05) is 0 Å². The highest BCUT2D eigenvalue weighted by Crippen LogP contribution is 2.19. The molecule has 2 heterocycles. The quantitative estimate of drug-likeness (QED) is 0.571. The van der Waals surface area contributed by atoms with Gasteiger partial charge in [0.2, 0.25) is 5.95 Å². The molecule has 2 aromatic heterocycles. The second-order valence-corrected chi connectivity index (χ2v) is 3.21. The molecule has 0 saturated carbocycles. The molecule has 0 fully saturated rings. The van der Waals surface area contributed by atoms with Gasteiger partial charge < -0.3 is 9.47 Å². The summed E-state index contributed by atoms with van der Waals surface area (Å²) in [4.78, 5) is 11.7. The number of hydrazine groups is 1. The molecule has 0 aliphatic carbocycles. The number of nitrogen functional groups attached to an aromatic ring is 1. The number of hydrogen-bond donors (Lipinski definition) is 2. The van der Waals surface area contributed by atoms with Gasteiger partial charge >= 0.3 is 12.0 Å². The van der Waals surface area contributed by atoms with E-state index in [-0.39, 0.29) is 18.0 Å². The van der Waals surface area contributed by atoms with Crippen molar-refractivity contribution in [2.45, 2.75) is 13.5 Å². The molecular formula is C9H13N7O2.